The maximum Gasteiger partial charge on any atom is 0.351 e. The standard InChI is InChI=1S/C21H33N4O5P/c1-6-14-15(29-31-25-10-7-8-16(25)21(4,5)30-31)12-18(28-14)24-11-9-17(23-20(24)27)22-19(26)13(2)3/h9,11,13-16,18H,6-8,10,12H2,1-5H3,(H,22,23,26,27)/t14-,15-,16+,18-,31+/m1/s1. The first-order valence-electron chi connectivity index (χ1n) is 11.2. The lowest BCUT2D eigenvalue weighted by Gasteiger charge is -2.25. The van der Waals surface area contributed by atoms with E-state index in [-0.39, 0.29) is 35.5 Å². The lowest BCUT2D eigenvalue weighted by Crippen LogP contribution is -2.36. The summed E-state index contributed by atoms with van der Waals surface area (Å²) in [5.41, 5.74) is -0.662. The Labute approximate surface area is 184 Å². The molecule has 1 aromatic heterocycles. The smallest absolute Gasteiger partial charge is 0.351 e. The summed E-state index contributed by atoms with van der Waals surface area (Å²) < 4.78 is 22.8. The fourth-order valence-corrected chi connectivity index (χ4v) is 6.66. The molecule has 1 aromatic rings. The highest BCUT2D eigenvalue weighted by Crippen LogP contribution is 2.61. The number of fused-ring (bicyclic) bond motifs is 1. The third-order valence-corrected chi connectivity index (χ3v) is 8.25. The van der Waals surface area contributed by atoms with E-state index in [4.69, 9.17) is 13.8 Å². The van der Waals surface area contributed by atoms with Gasteiger partial charge < -0.3 is 19.1 Å². The quantitative estimate of drug-likeness (QED) is 0.661. The Morgan fingerprint density at radius 3 is 2.90 bits per heavy atom. The molecule has 0 saturated carbocycles. The normalized spacial score (nSPS) is 32.5. The van der Waals surface area contributed by atoms with Crippen LogP contribution in [0.5, 0.6) is 0 Å². The highest BCUT2D eigenvalue weighted by Gasteiger charge is 2.53. The van der Waals surface area contributed by atoms with E-state index in [2.05, 4.69) is 35.7 Å². The Morgan fingerprint density at radius 1 is 1.45 bits per heavy atom. The van der Waals surface area contributed by atoms with Gasteiger partial charge in [-0.25, -0.2) is 9.46 Å². The van der Waals surface area contributed by atoms with Crippen LogP contribution in [0, 0.1) is 5.92 Å². The number of aromatic nitrogens is 2. The molecule has 10 heteroatoms. The highest BCUT2D eigenvalue weighted by atomic mass is 31.2. The van der Waals surface area contributed by atoms with Crippen LogP contribution in [-0.2, 0) is 18.6 Å². The van der Waals surface area contributed by atoms with Crippen LogP contribution in [0.3, 0.4) is 0 Å². The lowest BCUT2D eigenvalue weighted by atomic mass is 9.98. The molecular formula is C21H33N4O5P. The largest absolute Gasteiger partial charge is 0.352 e. The predicted molar refractivity (Wildman–Crippen MR) is 117 cm³/mol. The molecule has 0 unspecified atom stereocenters. The van der Waals surface area contributed by atoms with Gasteiger partial charge in [0.1, 0.15) is 12.0 Å². The minimum atomic E-state index is -1.13. The minimum Gasteiger partial charge on any atom is -0.352 e. The molecule has 0 radical (unpaired) electrons. The number of hydrogen-bond donors (Lipinski definition) is 1. The number of rotatable bonds is 6. The minimum absolute atomic E-state index is 0.118. The second-order valence-electron chi connectivity index (χ2n) is 9.32. The predicted octanol–water partition coefficient (Wildman–Crippen LogP) is 3.42. The molecule has 5 atom stereocenters. The second kappa shape index (κ2) is 8.87. The van der Waals surface area contributed by atoms with E-state index >= 15 is 0 Å². The van der Waals surface area contributed by atoms with Crippen LogP contribution in [-0.4, -0.2) is 50.5 Å². The molecule has 3 aliphatic heterocycles. The molecule has 1 N–H and O–H groups in total. The van der Waals surface area contributed by atoms with Gasteiger partial charge in [-0.1, -0.05) is 20.8 Å². The summed E-state index contributed by atoms with van der Waals surface area (Å²) in [6.07, 6.45) is 4.54. The molecule has 0 spiro atoms. The zero-order chi connectivity index (χ0) is 22.3. The van der Waals surface area contributed by atoms with Crippen molar-refractivity contribution < 1.29 is 18.6 Å². The third kappa shape index (κ3) is 4.57. The van der Waals surface area contributed by atoms with Crippen molar-refractivity contribution in [3.63, 3.8) is 0 Å². The van der Waals surface area contributed by atoms with Crippen molar-refractivity contribution in [1.82, 2.24) is 14.2 Å². The first-order chi connectivity index (χ1) is 14.7. The summed E-state index contributed by atoms with van der Waals surface area (Å²) in [4.78, 5) is 28.5. The molecule has 0 aromatic carbocycles. The molecule has 9 nitrogen and oxygen atoms in total. The van der Waals surface area contributed by atoms with E-state index < -0.39 is 20.4 Å². The molecule has 0 aliphatic carbocycles. The molecule has 172 valence electrons. The molecule has 3 saturated heterocycles. The Kier molecular flexibility index (Phi) is 6.52. The molecule has 3 fully saturated rings. The molecule has 1 amide bonds. The van der Waals surface area contributed by atoms with Crippen LogP contribution in [0.15, 0.2) is 17.1 Å². The maximum atomic E-state index is 12.6. The van der Waals surface area contributed by atoms with Gasteiger partial charge >= 0.3 is 5.69 Å². The van der Waals surface area contributed by atoms with Crippen LogP contribution in [0.4, 0.5) is 5.82 Å². The van der Waals surface area contributed by atoms with E-state index in [1.54, 1.807) is 26.1 Å². The summed E-state index contributed by atoms with van der Waals surface area (Å²) in [5.74, 6) is -0.114. The van der Waals surface area contributed by atoms with E-state index in [0.29, 0.717) is 12.5 Å². The summed E-state index contributed by atoms with van der Waals surface area (Å²) in [7, 11) is -1.13. The monoisotopic (exact) mass is 452 g/mol. The van der Waals surface area contributed by atoms with Crippen LogP contribution < -0.4 is 11.0 Å². The zero-order valence-electron chi connectivity index (χ0n) is 18.9. The number of nitrogens with zero attached hydrogens (tertiary/aromatic N) is 3. The van der Waals surface area contributed by atoms with E-state index in [1.165, 1.54) is 11.0 Å². The van der Waals surface area contributed by atoms with E-state index in [1.807, 2.05) is 0 Å². The van der Waals surface area contributed by atoms with Crippen molar-refractivity contribution in [2.45, 2.75) is 90.4 Å². The van der Waals surface area contributed by atoms with Crippen LogP contribution in [0.1, 0.15) is 66.5 Å². The van der Waals surface area contributed by atoms with Crippen molar-refractivity contribution in [2.75, 3.05) is 11.9 Å². The van der Waals surface area contributed by atoms with Crippen LogP contribution >= 0.6 is 8.53 Å². The van der Waals surface area contributed by atoms with Crippen molar-refractivity contribution in [3.05, 3.63) is 22.7 Å². The number of amides is 1. The summed E-state index contributed by atoms with van der Waals surface area (Å²) in [5, 5.41) is 2.66. The average molecular weight is 452 g/mol. The number of ether oxygens (including phenoxy) is 1. The fraction of sp³-hybridized carbons (Fsp3) is 0.762. The SMILES string of the molecule is CC[C@H]1O[C@@H](n2ccc(NC(=O)C(C)C)nc2=O)C[C@H]1O[P@@]1OC(C)(C)[C@@H]2CCCN21. The van der Waals surface area contributed by atoms with E-state index in [0.717, 1.165) is 19.4 Å². The molecule has 4 rings (SSSR count). The van der Waals surface area contributed by atoms with Crippen LogP contribution in [0.2, 0.25) is 0 Å². The Hall–Kier alpha value is -1.38. The number of anilines is 1. The van der Waals surface area contributed by atoms with Crippen molar-refractivity contribution in [3.8, 4) is 0 Å². The topological polar surface area (TPSA) is 94.9 Å². The zero-order valence-corrected chi connectivity index (χ0v) is 19.8. The first-order valence-corrected chi connectivity index (χ1v) is 12.3. The van der Waals surface area contributed by atoms with Gasteiger partial charge in [-0.15, -0.1) is 0 Å². The Morgan fingerprint density at radius 2 is 2.23 bits per heavy atom. The Bertz CT molecular complexity index is 876. The molecular weight excluding hydrogens is 419 g/mol. The van der Waals surface area contributed by atoms with E-state index in [9.17, 15) is 9.59 Å². The summed E-state index contributed by atoms with van der Waals surface area (Å²) in [6.45, 7) is 10.9. The van der Waals surface area contributed by atoms with Gasteiger partial charge in [-0.05, 0) is 39.2 Å². The summed E-state index contributed by atoms with van der Waals surface area (Å²) >= 11 is 0. The molecule has 4 heterocycles. The third-order valence-electron chi connectivity index (χ3n) is 6.27. The second-order valence-corrected chi connectivity index (χ2v) is 10.7. The number of hydrogen-bond acceptors (Lipinski definition) is 7. The molecule has 3 aliphatic rings. The average Bonchev–Trinajstić information content (AvgIpc) is 3.39. The van der Waals surface area contributed by atoms with Gasteiger partial charge in [-0.3, -0.25) is 9.36 Å². The van der Waals surface area contributed by atoms with Gasteiger partial charge in [0.25, 0.3) is 8.53 Å². The van der Waals surface area contributed by atoms with Crippen molar-refractivity contribution >= 4 is 20.3 Å². The summed E-state index contributed by atoms with van der Waals surface area (Å²) in [6, 6.07) is 2.03. The van der Waals surface area contributed by atoms with Gasteiger partial charge in [-0.2, -0.15) is 4.98 Å². The number of carbonyl (C=O) groups excluding carboxylic acids is 1. The van der Waals surface area contributed by atoms with Gasteiger partial charge in [0, 0.05) is 31.1 Å². The fourth-order valence-electron chi connectivity index (χ4n) is 4.48. The number of nitrogens with one attached hydrogen (secondary N) is 1. The maximum absolute atomic E-state index is 12.6. The van der Waals surface area contributed by atoms with Crippen molar-refractivity contribution in [2.24, 2.45) is 5.92 Å². The Balaban J connectivity index is 1.45. The molecule has 31 heavy (non-hydrogen) atoms. The highest BCUT2D eigenvalue weighted by molar-refractivity contribution is 7.45. The van der Waals surface area contributed by atoms with Gasteiger partial charge in [0.2, 0.25) is 5.91 Å². The van der Waals surface area contributed by atoms with Crippen LogP contribution in [0.25, 0.3) is 0 Å². The first kappa shape index (κ1) is 22.8. The molecule has 0 bridgehead atoms. The van der Waals surface area contributed by atoms with Gasteiger partial charge in [0.05, 0.1) is 17.8 Å². The lowest BCUT2D eigenvalue weighted by molar-refractivity contribution is -0.118. The van der Waals surface area contributed by atoms with Gasteiger partial charge in [0.15, 0.2) is 0 Å². The van der Waals surface area contributed by atoms with Crippen molar-refractivity contribution in [1.29, 1.82) is 0 Å². The number of carbonyl (C=O) groups is 1.